The van der Waals surface area contributed by atoms with Crippen LogP contribution >= 0.6 is 23.2 Å². The van der Waals surface area contributed by atoms with Crippen molar-refractivity contribution in [1.29, 1.82) is 0 Å². The summed E-state index contributed by atoms with van der Waals surface area (Å²) >= 11 is 9.14. The molecule has 0 heterocycles. The summed E-state index contributed by atoms with van der Waals surface area (Å²) in [5.41, 5.74) is 0. The molecule has 0 aliphatic carbocycles. The summed E-state index contributed by atoms with van der Waals surface area (Å²) in [5, 5.41) is 0. The Morgan fingerprint density at radius 1 is 0.750 bits per heavy atom. The summed E-state index contributed by atoms with van der Waals surface area (Å²) in [5.74, 6) is 1.94. The molecule has 118 valence electrons. The van der Waals surface area contributed by atoms with E-state index in [1.54, 1.807) is 27.7 Å². The molecule has 0 bridgehead atoms. The summed E-state index contributed by atoms with van der Waals surface area (Å²) in [6, 6.07) is 0. The molecule has 0 atom stereocenters. The molecule has 0 unspecified atom stereocenters. The predicted octanol–water partition coefficient (Wildman–Crippen LogP) is 1.42. The van der Waals surface area contributed by atoms with E-state index in [2.05, 4.69) is 32.7 Å². The van der Waals surface area contributed by atoms with Gasteiger partial charge in [0.2, 0.25) is 0 Å². The van der Waals surface area contributed by atoms with Crippen molar-refractivity contribution >= 4 is 47.6 Å². The van der Waals surface area contributed by atoms with Crippen molar-refractivity contribution in [2.24, 2.45) is 0 Å². The van der Waals surface area contributed by atoms with Crippen molar-refractivity contribution in [2.45, 2.75) is 39.9 Å². The molecular weight excluding hydrogens is 351 g/mol. The van der Waals surface area contributed by atoms with Crippen molar-refractivity contribution in [3.05, 3.63) is 0 Å². The quantitative estimate of drug-likeness (QED) is 0.422. The van der Waals surface area contributed by atoms with Crippen molar-refractivity contribution in [1.82, 2.24) is 0 Å². The second-order valence-corrected chi connectivity index (χ2v) is 2.96. The third-order valence-corrected chi connectivity index (χ3v) is 0.568. The van der Waals surface area contributed by atoms with Crippen molar-refractivity contribution in [2.75, 3.05) is 0 Å². The van der Waals surface area contributed by atoms with Gasteiger partial charge in [0.25, 0.3) is 0 Å². The molecule has 0 N–H and O–H groups in total. The molecule has 0 aliphatic heterocycles. The van der Waals surface area contributed by atoms with Gasteiger partial charge in [-0.05, 0) is 27.7 Å². The fourth-order valence-corrected chi connectivity index (χ4v) is 0.192. The maximum atomic E-state index is 9.27. The Morgan fingerprint density at radius 2 is 0.900 bits per heavy atom. The van der Waals surface area contributed by atoms with Crippen LogP contribution in [0.3, 0.4) is 0 Å². The molecule has 10 heteroatoms. The minimum absolute atomic E-state index is 0.0255. The minimum atomic E-state index is -0.0255. The number of hydrogen-bond acceptors (Lipinski definition) is 7. The van der Waals surface area contributed by atoms with Gasteiger partial charge < -0.3 is 51.9 Å². The van der Waals surface area contributed by atoms with Gasteiger partial charge in [0.1, 0.15) is 0 Å². The first-order valence-corrected chi connectivity index (χ1v) is 5.98. The third kappa shape index (κ3) is 161. The molecule has 0 aromatic heterocycles. The van der Waals surface area contributed by atoms with Crippen LogP contribution < -0.4 is 0 Å². The molecule has 0 aromatic rings. The molecule has 0 rings (SSSR count). The molecule has 0 fully saturated rings. The Balaban J connectivity index is -0.0000000503. The summed E-state index contributed by atoms with van der Waals surface area (Å²) in [7, 11) is 0. The topological polar surface area (TPSA) is 104 Å². The second kappa shape index (κ2) is 42.9. The zero-order chi connectivity index (χ0) is 17.4. The van der Waals surface area contributed by atoms with Crippen LogP contribution in [0, 0.1) is 0 Å². The average Bonchev–Trinajstić information content (AvgIpc) is 2.34. The van der Waals surface area contributed by atoms with Gasteiger partial charge in [-0.3, -0.25) is 0 Å². The van der Waals surface area contributed by atoms with Gasteiger partial charge in [-0.15, -0.1) is 0 Å². The second-order valence-electron chi connectivity index (χ2n) is 2.65. The molecule has 7 nitrogen and oxygen atoms in total. The van der Waals surface area contributed by atoms with Crippen LogP contribution in [0.25, 0.3) is 0 Å². The first kappa shape index (κ1) is 31.7. The van der Waals surface area contributed by atoms with Gasteiger partial charge in [0.15, 0.2) is 0 Å². The van der Waals surface area contributed by atoms with Gasteiger partial charge in [-0.25, -0.2) is 0 Å². The van der Waals surface area contributed by atoms with E-state index in [0.29, 0.717) is 0 Å². The Hall–Kier alpha value is -0.626. The van der Waals surface area contributed by atoms with Crippen LogP contribution in [0.4, 0.5) is 0 Å². The Morgan fingerprint density at radius 3 is 0.900 bits per heavy atom. The van der Waals surface area contributed by atoms with Gasteiger partial charge in [0.05, 0.1) is 12.2 Å². The number of rotatable bonds is 4. The molecule has 20 heavy (non-hydrogen) atoms. The van der Waals surface area contributed by atoms with E-state index in [0.717, 1.165) is 31.9 Å². The first-order valence-electron chi connectivity index (χ1n) is 4.59. The van der Waals surface area contributed by atoms with Crippen LogP contribution in [0.2, 0.25) is 0 Å². The molecular formula is C10H14Cl2O7Ti-4. The SMILES string of the molecule is CC(C)O[C-]=O.CC(C)O[C-]=O.O=[C-]Cl.O=[C-]Cl.[O]=[Ti]. The predicted molar refractivity (Wildman–Crippen MR) is 67.6 cm³/mol. The molecule has 0 spiro atoms. The number of ether oxygens (including phenoxy) is 2. The van der Waals surface area contributed by atoms with Gasteiger partial charge >= 0.3 is 23.7 Å². The zero-order valence-electron chi connectivity index (χ0n) is 11.3. The van der Waals surface area contributed by atoms with E-state index in [1.165, 1.54) is 12.9 Å². The first-order chi connectivity index (χ1) is 9.37. The monoisotopic (exact) mass is 364 g/mol. The van der Waals surface area contributed by atoms with Crippen LogP contribution in [0.5, 0.6) is 0 Å². The fourth-order valence-electron chi connectivity index (χ4n) is 0.192. The summed E-state index contributed by atoms with van der Waals surface area (Å²) in [6.07, 6.45) is -0.0509. The standard InChI is InChI=1S/2C4H7O2.2CClO.O.Ti/c2*1-4(2)6-3-5;2*2-1-3;;/h2*4H,1-2H3;;;;/q4*-1;;. The van der Waals surface area contributed by atoms with Crippen LogP contribution in [0.15, 0.2) is 0 Å². The molecule has 0 saturated heterocycles. The van der Waals surface area contributed by atoms with E-state index in [9.17, 15) is 9.59 Å². The van der Waals surface area contributed by atoms with E-state index in [1.807, 2.05) is 0 Å². The summed E-state index contributed by atoms with van der Waals surface area (Å²) in [6.45, 7) is 9.71. The Kier molecular flexibility index (Phi) is 67.9. The van der Waals surface area contributed by atoms with Crippen molar-refractivity contribution in [3.8, 4) is 0 Å². The van der Waals surface area contributed by atoms with Gasteiger partial charge in [-0.2, -0.15) is 11.5 Å². The maximum absolute atomic E-state index is 9.27. The molecule has 0 aliphatic rings. The number of halogens is 2. The van der Waals surface area contributed by atoms with Crippen LogP contribution in [-0.4, -0.2) is 36.6 Å². The number of carbonyl (C=O) groups excluding carboxylic acids is 4. The summed E-state index contributed by atoms with van der Waals surface area (Å²) in [4.78, 5) is 35.4. The Bertz CT molecular complexity index is 184. The van der Waals surface area contributed by atoms with Gasteiger partial charge in [0, 0.05) is 0 Å². The fraction of sp³-hybridized carbons (Fsp3) is 0.600. The molecule has 0 saturated carbocycles. The van der Waals surface area contributed by atoms with Crippen LogP contribution in [-0.2, 0) is 52.4 Å². The van der Waals surface area contributed by atoms with Crippen LogP contribution in [0.1, 0.15) is 27.7 Å². The number of hydrogen-bond donors (Lipinski definition) is 0. The average molecular weight is 365 g/mol. The zero-order valence-corrected chi connectivity index (χ0v) is 14.3. The Labute approximate surface area is 140 Å². The van der Waals surface area contributed by atoms with E-state index in [4.69, 9.17) is 12.9 Å². The van der Waals surface area contributed by atoms with Crippen molar-refractivity contribution < 1.29 is 52.4 Å². The third-order valence-electron chi connectivity index (χ3n) is 0.568. The molecule has 0 radical (unpaired) electrons. The summed E-state index contributed by atoms with van der Waals surface area (Å²) < 4.78 is 16.7. The molecule has 0 amide bonds. The normalized spacial score (nSPS) is 6.55. The van der Waals surface area contributed by atoms with E-state index < -0.39 is 0 Å². The van der Waals surface area contributed by atoms with Gasteiger partial charge in [-0.1, -0.05) is 12.9 Å². The van der Waals surface area contributed by atoms with E-state index >= 15 is 0 Å². The van der Waals surface area contributed by atoms with E-state index in [-0.39, 0.29) is 12.2 Å². The van der Waals surface area contributed by atoms with Crippen molar-refractivity contribution in [3.63, 3.8) is 0 Å². The molecule has 0 aromatic carbocycles.